The lowest BCUT2D eigenvalue weighted by Crippen LogP contribution is -2.33. The van der Waals surface area contributed by atoms with Gasteiger partial charge in [0.05, 0.1) is 0 Å². The van der Waals surface area contributed by atoms with E-state index in [1.165, 1.54) is 48.5 Å². The summed E-state index contributed by atoms with van der Waals surface area (Å²) in [7, 11) is 0. The maximum absolute atomic E-state index is 13.5. The molecule has 0 saturated heterocycles. The van der Waals surface area contributed by atoms with E-state index in [4.69, 9.17) is 5.73 Å². The van der Waals surface area contributed by atoms with Gasteiger partial charge in [0.15, 0.2) is 0 Å². The second-order valence-corrected chi connectivity index (χ2v) is 12.0. The molecule has 0 heterocycles. The van der Waals surface area contributed by atoms with Crippen molar-refractivity contribution in [1.29, 1.82) is 0 Å². The summed E-state index contributed by atoms with van der Waals surface area (Å²) in [6, 6.07) is 26.4. The van der Waals surface area contributed by atoms with Gasteiger partial charge in [0.2, 0.25) is 0 Å². The summed E-state index contributed by atoms with van der Waals surface area (Å²) in [5.41, 5.74) is 9.93. The molecular formula is C38H46F4N4. The van der Waals surface area contributed by atoms with Gasteiger partial charge in [-0.1, -0.05) is 48.5 Å². The largest absolute Gasteiger partial charge is 0.330 e. The average Bonchev–Trinajstić information content (AvgIpc) is 3.05. The van der Waals surface area contributed by atoms with E-state index in [0.29, 0.717) is 32.7 Å². The number of rotatable bonds is 20. The molecule has 0 saturated carbocycles. The van der Waals surface area contributed by atoms with Crippen molar-refractivity contribution in [3.05, 3.63) is 143 Å². The SMILES string of the molecule is NCCCCN(CCCN(Cc1ccc(F)cc1)Cc1ccc(F)cc1)CCCN(Cc1ccc(F)cc1)Cc1ccc(F)cc1. The standard InChI is InChI=1S/C38H46F4N4/c39-35-13-5-31(6-14-35)27-45(28-32-7-15-36(40)16-8-32)25-3-23-44(22-2-1-21-43)24-4-26-46(29-33-9-17-37(41)18-10-33)30-34-11-19-38(42)20-12-34/h5-20H,1-4,21-30,43H2. The Morgan fingerprint density at radius 3 is 0.891 bits per heavy atom. The van der Waals surface area contributed by atoms with Crippen LogP contribution < -0.4 is 5.73 Å². The molecule has 4 aromatic rings. The van der Waals surface area contributed by atoms with Crippen LogP contribution in [0, 0.1) is 23.3 Å². The van der Waals surface area contributed by atoms with Crippen molar-refractivity contribution in [2.45, 2.75) is 51.9 Å². The number of halogens is 4. The van der Waals surface area contributed by atoms with E-state index >= 15 is 0 Å². The van der Waals surface area contributed by atoms with Gasteiger partial charge >= 0.3 is 0 Å². The van der Waals surface area contributed by atoms with Gasteiger partial charge in [0, 0.05) is 39.3 Å². The Hall–Kier alpha value is -3.56. The predicted octanol–water partition coefficient (Wildman–Crippen LogP) is 7.77. The molecule has 0 spiro atoms. The second-order valence-electron chi connectivity index (χ2n) is 12.0. The molecule has 2 N–H and O–H groups in total. The van der Waals surface area contributed by atoms with Crippen molar-refractivity contribution < 1.29 is 17.6 Å². The zero-order valence-electron chi connectivity index (χ0n) is 26.6. The van der Waals surface area contributed by atoms with Crippen LogP contribution in [0.5, 0.6) is 0 Å². The molecule has 0 radical (unpaired) electrons. The second kappa shape index (κ2) is 19.2. The summed E-state index contributed by atoms with van der Waals surface area (Å²) in [5, 5.41) is 0. The van der Waals surface area contributed by atoms with E-state index in [0.717, 1.165) is 80.7 Å². The third kappa shape index (κ3) is 13.0. The van der Waals surface area contributed by atoms with Crippen LogP contribution in [0.1, 0.15) is 47.9 Å². The molecule has 0 aliphatic carbocycles. The zero-order valence-corrected chi connectivity index (χ0v) is 26.6. The van der Waals surface area contributed by atoms with Crippen molar-refractivity contribution in [3.8, 4) is 0 Å². The highest BCUT2D eigenvalue weighted by atomic mass is 19.1. The van der Waals surface area contributed by atoms with Crippen LogP contribution in [0.25, 0.3) is 0 Å². The maximum atomic E-state index is 13.5. The normalized spacial score (nSPS) is 11.7. The quantitative estimate of drug-likeness (QED) is 0.0796. The van der Waals surface area contributed by atoms with E-state index in [1.54, 1.807) is 0 Å². The van der Waals surface area contributed by atoms with Crippen molar-refractivity contribution in [1.82, 2.24) is 14.7 Å². The molecule has 4 nitrogen and oxygen atoms in total. The van der Waals surface area contributed by atoms with Crippen LogP contribution in [-0.2, 0) is 26.2 Å². The predicted molar refractivity (Wildman–Crippen MR) is 178 cm³/mol. The Labute approximate surface area is 271 Å². The third-order valence-electron chi connectivity index (χ3n) is 8.10. The number of hydrogen-bond donors (Lipinski definition) is 1. The van der Waals surface area contributed by atoms with E-state index in [1.807, 2.05) is 48.5 Å². The Morgan fingerprint density at radius 1 is 0.348 bits per heavy atom. The number of benzene rings is 4. The van der Waals surface area contributed by atoms with Crippen LogP contribution in [0.3, 0.4) is 0 Å². The molecule has 4 rings (SSSR count). The van der Waals surface area contributed by atoms with Gasteiger partial charge in [-0.25, -0.2) is 17.6 Å². The molecule has 0 aliphatic rings. The number of nitrogens with zero attached hydrogens (tertiary/aromatic N) is 3. The Balaban J connectivity index is 1.35. The fraction of sp³-hybridized carbons (Fsp3) is 0.368. The summed E-state index contributed by atoms with van der Waals surface area (Å²) in [5.74, 6) is -1.02. The first-order valence-corrected chi connectivity index (χ1v) is 16.2. The van der Waals surface area contributed by atoms with Gasteiger partial charge in [-0.2, -0.15) is 0 Å². The molecule has 0 amide bonds. The highest BCUT2D eigenvalue weighted by Gasteiger charge is 2.13. The van der Waals surface area contributed by atoms with Crippen LogP contribution in [0.2, 0.25) is 0 Å². The monoisotopic (exact) mass is 634 g/mol. The maximum Gasteiger partial charge on any atom is 0.123 e. The van der Waals surface area contributed by atoms with Gasteiger partial charge in [-0.3, -0.25) is 9.80 Å². The number of unbranched alkanes of at least 4 members (excludes halogenated alkanes) is 1. The molecule has 4 aromatic carbocycles. The summed E-state index contributed by atoms with van der Waals surface area (Å²) < 4.78 is 54.1. The highest BCUT2D eigenvalue weighted by Crippen LogP contribution is 2.15. The van der Waals surface area contributed by atoms with Crippen LogP contribution in [-0.4, -0.2) is 54.0 Å². The first kappa shape index (κ1) is 35.3. The molecule has 0 atom stereocenters. The summed E-state index contributed by atoms with van der Waals surface area (Å²) in [6.07, 6.45) is 3.89. The lowest BCUT2D eigenvalue weighted by atomic mass is 10.1. The lowest BCUT2D eigenvalue weighted by molar-refractivity contribution is 0.195. The highest BCUT2D eigenvalue weighted by molar-refractivity contribution is 5.20. The Morgan fingerprint density at radius 2 is 0.609 bits per heavy atom. The van der Waals surface area contributed by atoms with Crippen molar-refractivity contribution in [2.24, 2.45) is 5.73 Å². The fourth-order valence-corrected chi connectivity index (χ4v) is 5.67. The minimum absolute atomic E-state index is 0.254. The Bertz CT molecular complexity index is 1200. The van der Waals surface area contributed by atoms with Crippen molar-refractivity contribution in [3.63, 3.8) is 0 Å². The number of nitrogens with two attached hydrogens (primary N) is 1. The first-order chi connectivity index (χ1) is 22.4. The molecular weight excluding hydrogens is 588 g/mol. The third-order valence-corrected chi connectivity index (χ3v) is 8.10. The minimum atomic E-state index is -0.254. The van der Waals surface area contributed by atoms with Crippen molar-refractivity contribution in [2.75, 3.05) is 39.3 Å². The summed E-state index contributed by atoms with van der Waals surface area (Å²) >= 11 is 0. The smallest absolute Gasteiger partial charge is 0.123 e. The minimum Gasteiger partial charge on any atom is -0.330 e. The van der Waals surface area contributed by atoms with Crippen molar-refractivity contribution >= 4 is 0 Å². The van der Waals surface area contributed by atoms with Crippen LogP contribution in [0.4, 0.5) is 17.6 Å². The summed E-state index contributed by atoms with van der Waals surface area (Å²) in [6.45, 7) is 7.84. The van der Waals surface area contributed by atoms with Gasteiger partial charge < -0.3 is 10.6 Å². The molecule has 246 valence electrons. The topological polar surface area (TPSA) is 35.7 Å². The molecule has 0 unspecified atom stereocenters. The van der Waals surface area contributed by atoms with Gasteiger partial charge in [-0.05, 0) is 123 Å². The molecule has 0 aromatic heterocycles. The van der Waals surface area contributed by atoms with Gasteiger partial charge in [0.25, 0.3) is 0 Å². The van der Waals surface area contributed by atoms with E-state index in [-0.39, 0.29) is 23.3 Å². The Kier molecular flexibility index (Phi) is 14.7. The molecule has 0 aliphatic heterocycles. The van der Waals surface area contributed by atoms with E-state index in [9.17, 15) is 17.6 Å². The summed E-state index contributed by atoms with van der Waals surface area (Å²) in [4.78, 5) is 7.15. The molecule has 8 heteroatoms. The fourth-order valence-electron chi connectivity index (χ4n) is 5.67. The molecule has 0 bridgehead atoms. The van der Waals surface area contributed by atoms with E-state index in [2.05, 4.69) is 14.7 Å². The van der Waals surface area contributed by atoms with E-state index < -0.39 is 0 Å². The van der Waals surface area contributed by atoms with Crippen LogP contribution in [0.15, 0.2) is 97.1 Å². The average molecular weight is 635 g/mol. The molecule has 46 heavy (non-hydrogen) atoms. The van der Waals surface area contributed by atoms with Gasteiger partial charge in [-0.15, -0.1) is 0 Å². The number of hydrogen-bond acceptors (Lipinski definition) is 4. The first-order valence-electron chi connectivity index (χ1n) is 16.2. The van der Waals surface area contributed by atoms with Crippen LogP contribution >= 0.6 is 0 Å². The molecule has 0 fully saturated rings. The lowest BCUT2D eigenvalue weighted by Gasteiger charge is -2.28. The zero-order chi connectivity index (χ0) is 32.6. The van der Waals surface area contributed by atoms with Gasteiger partial charge in [0.1, 0.15) is 23.3 Å².